The lowest BCUT2D eigenvalue weighted by Gasteiger charge is -2.31. The van der Waals surface area contributed by atoms with Gasteiger partial charge in [0.15, 0.2) is 6.10 Å². The molecule has 5 atom stereocenters. The van der Waals surface area contributed by atoms with Crippen molar-refractivity contribution in [2.24, 2.45) is 0 Å². The fraction of sp³-hybridized carbons (Fsp3) is 0.556. The molecule has 0 saturated heterocycles. The Morgan fingerprint density at radius 1 is 1.15 bits per heavy atom. The van der Waals surface area contributed by atoms with E-state index in [0.717, 1.165) is 13.8 Å². The van der Waals surface area contributed by atoms with Gasteiger partial charge in [0.25, 0.3) is 0 Å². The number of hydrogen-bond acceptors (Lipinski definition) is 9. The summed E-state index contributed by atoms with van der Waals surface area (Å²) in [6.45, 7) is 4.88. The van der Waals surface area contributed by atoms with Gasteiger partial charge in [-0.05, 0) is 19.1 Å². The second-order valence-electron chi connectivity index (χ2n) is 5.95. The molecule has 0 amide bonds. The summed E-state index contributed by atoms with van der Waals surface area (Å²) in [6.07, 6.45) is 0.501. The van der Waals surface area contributed by atoms with E-state index in [2.05, 4.69) is 0 Å². The molecular formula is C18H24O9. The van der Waals surface area contributed by atoms with Crippen molar-refractivity contribution in [3.63, 3.8) is 0 Å². The summed E-state index contributed by atoms with van der Waals surface area (Å²) in [5, 5.41) is 10.6. The van der Waals surface area contributed by atoms with Crippen LogP contribution in [0, 0.1) is 0 Å². The molecule has 0 aromatic carbocycles. The van der Waals surface area contributed by atoms with Gasteiger partial charge in [-0.25, -0.2) is 4.79 Å². The Morgan fingerprint density at radius 2 is 1.74 bits per heavy atom. The van der Waals surface area contributed by atoms with Crippen molar-refractivity contribution in [2.75, 3.05) is 0 Å². The number of rotatable bonds is 8. The maximum Gasteiger partial charge on any atom is 0.331 e. The summed E-state index contributed by atoms with van der Waals surface area (Å²) in [5.41, 5.74) is 0. The van der Waals surface area contributed by atoms with Gasteiger partial charge in [0.05, 0.1) is 0 Å². The van der Waals surface area contributed by atoms with Crippen LogP contribution < -0.4 is 0 Å². The first-order valence-corrected chi connectivity index (χ1v) is 8.35. The Balaban J connectivity index is 3.00. The Bertz CT molecular complexity index is 622. The van der Waals surface area contributed by atoms with Crippen LogP contribution in [-0.2, 0) is 38.1 Å². The minimum Gasteiger partial charge on any atom is -0.459 e. The summed E-state index contributed by atoms with van der Waals surface area (Å²) in [5.74, 6) is -2.55. The molecule has 9 heteroatoms. The van der Waals surface area contributed by atoms with E-state index in [0.29, 0.717) is 6.42 Å². The maximum absolute atomic E-state index is 11.4. The van der Waals surface area contributed by atoms with Gasteiger partial charge in [0.2, 0.25) is 0 Å². The highest BCUT2D eigenvalue weighted by Crippen LogP contribution is 2.18. The van der Waals surface area contributed by atoms with E-state index < -0.39 is 54.4 Å². The summed E-state index contributed by atoms with van der Waals surface area (Å²) in [7, 11) is 0. The monoisotopic (exact) mass is 384 g/mol. The molecule has 0 saturated carbocycles. The molecule has 0 aromatic rings. The fourth-order valence-corrected chi connectivity index (χ4v) is 2.45. The van der Waals surface area contributed by atoms with Crippen molar-refractivity contribution in [3.05, 3.63) is 24.3 Å². The van der Waals surface area contributed by atoms with Crippen molar-refractivity contribution < 1.29 is 43.2 Å². The quantitative estimate of drug-likeness (QED) is 0.363. The van der Waals surface area contributed by atoms with E-state index in [-0.39, 0.29) is 0 Å². The van der Waals surface area contributed by atoms with E-state index in [1.807, 2.05) is 0 Å². The van der Waals surface area contributed by atoms with Gasteiger partial charge in [-0.15, -0.1) is 0 Å². The van der Waals surface area contributed by atoms with Crippen LogP contribution in [0.1, 0.15) is 34.1 Å². The van der Waals surface area contributed by atoms with Gasteiger partial charge >= 0.3 is 23.9 Å². The minimum absolute atomic E-state index is 0.419. The van der Waals surface area contributed by atoms with E-state index in [1.165, 1.54) is 32.1 Å². The van der Waals surface area contributed by atoms with Crippen LogP contribution in [0.5, 0.6) is 0 Å². The van der Waals surface area contributed by atoms with Crippen molar-refractivity contribution in [1.82, 2.24) is 0 Å². The number of aliphatic hydroxyl groups excluding tert-OH is 1. The molecule has 1 N–H and O–H groups in total. The Hall–Kier alpha value is -2.68. The van der Waals surface area contributed by atoms with Crippen LogP contribution in [0.2, 0.25) is 0 Å². The second-order valence-corrected chi connectivity index (χ2v) is 5.95. The Morgan fingerprint density at radius 3 is 2.26 bits per heavy atom. The largest absolute Gasteiger partial charge is 0.459 e. The van der Waals surface area contributed by atoms with Crippen LogP contribution in [0.4, 0.5) is 0 Å². The van der Waals surface area contributed by atoms with Crippen LogP contribution in [0.25, 0.3) is 0 Å². The molecule has 0 radical (unpaired) electrons. The van der Waals surface area contributed by atoms with Crippen molar-refractivity contribution in [1.29, 1.82) is 0 Å². The molecule has 0 unspecified atom stereocenters. The number of aliphatic hydroxyl groups is 1. The molecule has 0 spiro atoms. The number of esters is 4. The molecule has 1 aliphatic heterocycles. The van der Waals surface area contributed by atoms with Gasteiger partial charge in [0, 0.05) is 33.3 Å². The number of carbonyl (C=O) groups excluding carboxylic acids is 4. The highest BCUT2D eigenvalue weighted by molar-refractivity contribution is 5.82. The van der Waals surface area contributed by atoms with Gasteiger partial charge in [-0.2, -0.15) is 0 Å². The molecule has 0 aromatic heterocycles. The van der Waals surface area contributed by atoms with Gasteiger partial charge in [-0.1, -0.05) is 6.08 Å². The van der Waals surface area contributed by atoms with Crippen LogP contribution in [0.3, 0.4) is 0 Å². The molecule has 150 valence electrons. The molecular weight excluding hydrogens is 360 g/mol. The van der Waals surface area contributed by atoms with Gasteiger partial charge in [0.1, 0.15) is 24.4 Å². The number of ether oxygens (including phenoxy) is 4. The summed E-state index contributed by atoms with van der Waals surface area (Å²) in [4.78, 5) is 45.2. The first-order valence-electron chi connectivity index (χ1n) is 8.35. The normalized spacial score (nSPS) is 20.9. The summed E-state index contributed by atoms with van der Waals surface area (Å²) in [6, 6.07) is 0. The van der Waals surface area contributed by atoms with Crippen LogP contribution in [0.15, 0.2) is 24.3 Å². The SMILES string of the molecule is CC(=O)O[C@H]([C@@H](O)[C@@H](/C=C\[C@H]1CC=CC(=O)O1)OC(C)=O)[C@H](C)OC(C)=O. The number of cyclic esters (lactones) is 1. The predicted octanol–water partition coefficient (Wildman–Crippen LogP) is 0.590. The van der Waals surface area contributed by atoms with Gasteiger partial charge in [-0.3, -0.25) is 14.4 Å². The zero-order valence-electron chi connectivity index (χ0n) is 15.6. The molecule has 0 aliphatic carbocycles. The van der Waals surface area contributed by atoms with E-state index in [4.69, 9.17) is 18.9 Å². The van der Waals surface area contributed by atoms with Crippen molar-refractivity contribution in [3.8, 4) is 0 Å². The lowest BCUT2D eigenvalue weighted by molar-refractivity contribution is -0.182. The predicted molar refractivity (Wildman–Crippen MR) is 91.1 cm³/mol. The fourth-order valence-electron chi connectivity index (χ4n) is 2.45. The van der Waals surface area contributed by atoms with E-state index in [9.17, 15) is 24.3 Å². The zero-order chi connectivity index (χ0) is 20.6. The lowest BCUT2D eigenvalue weighted by Crippen LogP contribution is -2.48. The van der Waals surface area contributed by atoms with Crippen LogP contribution in [-0.4, -0.2) is 59.5 Å². The highest BCUT2D eigenvalue weighted by Gasteiger charge is 2.36. The number of carbonyl (C=O) groups is 4. The Kier molecular flexibility index (Phi) is 8.67. The topological polar surface area (TPSA) is 125 Å². The third-order valence-electron chi connectivity index (χ3n) is 3.50. The molecule has 1 rings (SSSR count). The Labute approximate surface area is 156 Å². The second kappa shape index (κ2) is 10.5. The summed E-state index contributed by atoms with van der Waals surface area (Å²) < 4.78 is 20.2. The molecule has 0 bridgehead atoms. The smallest absolute Gasteiger partial charge is 0.331 e. The van der Waals surface area contributed by atoms with Crippen molar-refractivity contribution in [2.45, 2.75) is 64.6 Å². The third-order valence-corrected chi connectivity index (χ3v) is 3.50. The van der Waals surface area contributed by atoms with E-state index >= 15 is 0 Å². The zero-order valence-corrected chi connectivity index (χ0v) is 15.6. The van der Waals surface area contributed by atoms with Gasteiger partial charge < -0.3 is 24.1 Å². The molecule has 27 heavy (non-hydrogen) atoms. The first-order chi connectivity index (χ1) is 12.6. The lowest BCUT2D eigenvalue weighted by atomic mass is 10.0. The molecule has 1 heterocycles. The number of hydrogen-bond donors (Lipinski definition) is 1. The summed E-state index contributed by atoms with van der Waals surface area (Å²) >= 11 is 0. The van der Waals surface area contributed by atoms with Crippen LogP contribution >= 0.6 is 0 Å². The van der Waals surface area contributed by atoms with E-state index in [1.54, 1.807) is 6.08 Å². The van der Waals surface area contributed by atoms with Crippen molar-refractivity contribution >= 4 is 23.9 Å². The maximum atomic E-state index is 11.4. The first kappa shape index (κ1) is 22.4. The molecule has 1 aliphatic rings. The standard InChI is InChI=1S/C18H24O9/c1-10(24-11(2)19)18(26-13(4)21)17(23)15(25-12(3)20)9-8-14-6-5-7-16(22)27-14/h5,7-10,14-15,17-18,23H,6H2,1-4H3/b9-8-/t10-,14+,15+,17-,18-/m0/s1. The molecule has 9 nitrogen and oxygen atoms in total. The average Bonchev–Trinajstić information content (AvgIpc) is 2.54. The highest BCUT2D eigenvalue weighted by atomic mass is 16.6. The molecule has 0 fully saturated rings. The third kappa shape index (κ3) is 8.04. The average molecular weight is 384 g/mol. The minimum atomic E-state index is -1.53.